The Morgan fingerprint density at radius 3 is 2.58 bits per heavy atom. The van der Waals surface area contributed by atoms with Crippen molar-refractivity contribution in [1.82, 2.24) is 29.4 Å². The number of benzene rings is 1. The van der Waals surface area contributed by atoms with Crippen molar-refractivity contribution in [2.24, 2.45) is 5.92 Å². The van der Waals surface area contributed by atoms with Crippen molar-refractivity contribution >= 4 is 33.4 Å². The fourth-order valence-electron chi connectivity index (χ4n) is 5.53. The van der Waals surface area contributed by atoms with E-state index in [0.29, 0.717) is 40.5 Å². The van der Waals surface area contributed by atoms with Gasteiger partial charge in [0, 0.05) is 48.7 Å². The van der Waals surface area contributed by atoms with E-state index in [4.69, 9.17) is 9.72 Å². The Morgan fingerprint density at radius 1 is 1.07 bits per heavy atom. The lowest BCUT2D eigenvalue weighted by molar-refractivity contribution is -0.0208. The van der Waals surface area contributed by atoms with Gasteiger partial charge < -0.3 is 15.0 Å². The fraction of sp³-hybridized carbons (Fsp3) is 0.387. The summed E-state index contributed by atoms with van der Waals surface area (Å²) in [6.07, 6.45) is 8.98. The lowest BCUT2D eigenvalue weighted by Crippen LogP contribution is -2.35. The molecule has 1 unspecified atom stereocenters. The van der Waals surface area contributed by atoms with Gasteiger partial charge >= 0.3 is 0 Å². The first-order valence-corrected chi connectivity index (χ1v) is 15.8. The predicted molar refractivity (Wildman–Crippen MR) is 164 cm³/mol. The van der Waals surface area contributed by atoms with Crippen LogP contribution in [0.3, 0.4) is 0 Å². The van der Waals surface area contributed by atoms with Gasteiger partial charge in [-0.05, 0) is 43.7 Å². The number of likely N-dealkylation sites (N-methyl/N-ethyl adjacent to an activating group) is 1. The van der Waals surface area contributed by atoms with E-state index in [1.54, 1.807) is 12.3 Å². The number of nitrogens with one attached hydrogen (secondary N) is 1. The molecule has 4 heterocycles. The van der Waals surface area contributed by atoms with Crippen molar-refractivity contribution < 1.29 is 13.2 Å². The Morgan fingerprint density at radius 2 is 1.84 bits per heavy atom. The van der Waals surface area contributed by atoms with Crippen molar-refractivity contribution in [2.45, 2.75) is 44.1 Å². The first kappa shape index (κ1) is 28.9. The highest BCUT2D eigenvalue weighted by Gasteiger charge is 2.20. The van der Waals surface area contributed by atoms with E-state index >= 15 is 0 Å². The third-order valence-electron chi connectivity index (χ3n) is 7.85. The Labute approximate surface area is 251 Å². The van der Waals surface area contributed by atoms with E-state index in [1.165, 1.54) is 17.0 Å². The molecule has 1 atom stereocenters. The molecule has 43 heavy (non-hydrogen) atoms. The summed E-state index contributed by atoms with van der Waals surface area (Å²) >= 11 is 0. The number of aromatic nitrogens is 5. The maximum atomic E-state index is 13.8. The van der Waals surface area contributed by atoms with Gasteiger partial charge in [-0.25, -0.2) is 13.4 Å². The molecule has 0 bridgehead atoms. The number of nitrogens with zero attached hydrogens (tertiary/aromatic N) is 6. The van der Waals surface area contributed by atoms with Crippen LogP contribution in [0.1, 0.15) is 54.3 Å². The normalized spacial score (nSPS) is 17.7. The average molecular weight is 600 g/mol. The third kappa shape index (κ3) is 6.91. The van der Waals surface area contributed by atoms with Crippen LogP contribution in [0.4, 0.5) is 11.6 Å². The quantitative estimate of drug-likeness (QED) is 0.241. The SMILES string of the molecule is CN1CCOC(c2ccc(Nc3ncc4cc(C#CC5CCCC5)c(=O)n(Cc5nccnc5C[SH](=O)=O)c4n3)cc2)C1. The summed E-state index contributed by atoms with van der Waals surface area (Å²) in [5.41, 5.74) is 2.95. The summed E-state index contributed by atoms with van der Waals surface area (Å²) in [5.74, 6) is 6.70. The second-order valence-corrected chi connectivity index (χ2v) is 12.0. The molecule has 3 aromatic heterocycles. The minimum absolute atomic E-state index is 0.0123. The zero-order chi connectivity index (χ0) is 29.8. The van der Waals surface area contributed by atoms with Crippen molar-refractivity contribution in [3.63, 3.8) is 0 Å². The molecule has 12 heteroatoms. The van der Waals surface area contributed by atoms with Crippen LogP contribution in [0, 0.1) is 17.8 Å². The Bertz CT molecular complexity index is 1810. The minimum atomic E-state index is -2.73. The van der Waals surface area contributed by atoms with Crippen LogP contribution < -0.4 is 10.9 Å². The van der Waals surface area contributed by atoms with Gasteiger partial charge in [0.15, 0.2) is 0 Å². The Balaban J connectivity index is 1.35. The lowest BCUT2D eigenvalue weighted by atomic mass is 10.1. The van der Waals surface area contributed by atoms with Crippen molar-refractivity contribution in [2.75, 3.05) is 32.1 Å². The molecular weight excluding hydrogens is 566 g/mol. The van der Waals surface area contributed by atoms with Gasteiger partial charge in [0.25, 0.3) is 5.56 Å². The summed E-state index contributed by atoms with van der Waals surface area (Å²) in [5, 5.41) is 3.87. The molecule has 1 aliphatic heterocycles. The van der Waals surface area contributed by atoms with E-state index in [1.807, 2.05) is 24.3 Å². The molecule has 0 spiro atoms. The fourth-order valence-corrected chi connectivity index (χ4v) is 6.04. The Kier molecular flexibility index (Phi) is 8.74. The molecule has 2 fully saturated rings. The van der Waals surface area contributed by atoms with Crippen molar-refractivity contribution in [3.8, 4) is 11.8 Å². The van der Waals surface area contributed by atoms with Crippen molar-refractivity contribution in [1.29, 1.82) is 0 Å². The van der Waals surface area contributed by atoms with Gasteiger partial charge in [0.2, 0.25) is 5.95 Å². The number of ether oxygens (including phenoxy) is 1. The summed E-state index contributed by atoms with van der Waals surface area (Å²) < 4.78 is 30.4. The molecule has 1 N–H and O–H groups in total. The first-order valence-electron chi connectivity index (χ1n) is 14.4. The largest absolute Gasteiger partial charge is 0.371 e. The predicted octanol–water partition coefficient (Wildman–Crippen LogP) is 3.03. The Hall–Kier alpha value is -4.18. The minimum Gasteiger partial charge on any atom is -0.371 e. The van der Waals surface area contributed by atoms with Gasteiger partial charge in [-0.15, -0.1) is 0 Å². The van der Waals surface area contributed by atoms with Crippen LogP contribution in [0.2, 0.25) is 0 Å². The highest BCUT2D eigenvalue weighted by molar-refractivity contribution is 7.71. The molecule has 222 valence electrons. The lowest BCUT2D eigenvalue weighted by Gasteiger charge is -2.30. The van der Waals surface area contributed by atoms with Crippen LogP contribution >= 0.6 is 0 Å². The first-order chi connectivity index (χ1) is 20.9. The number of hydrogen-bond acceptors (Lipinski definition) is 10. The topological polar surface area (TPSA) is 132 Å². The number of pyridine rings is 1. The van der Waals surface area contributed by atoms with E-state index in [0.717, 1.165) is 50.0 Å². The van der Waals surface area contributed by atoms with E-state index in [9.17, 15) is 13.2 Å². The highest BCUT2D eigenvalue weighted by atomic mass is 32.2. The molecule has 2 aliphatic rings. The van der Waals surface area contributed by atoms with Crippen LogP contribution in [0.5, 0.6) is 0 Å². The molecular formula is C31H33N7O4S. The molecule has 1 saturated heterocycles. The zero-order valence-electron chi connectivity index (χ0n) is 23.9. The summed E-state index contributed by atoms with van der Waals surface area (Å²) in [6.45, 7) is 2.45. The summed E-state index contributed by atoms with van der Waals surface area (Å²) in [4.78, 5) is 33.8. The zero-order valence-corrected chi connectivity index (χ0v) is 24.8. The van der Waals surface area contributed by atoms with Crippen LogP contribution in [-0.4, -0.2) is 64.6 Å². The van der Waals surface area contributed by atoms with Crippen molar-refractivity contribution in [3.05, 3.63) is 81.8 Å². The number of hydrogen-bond donors (Lipinski definition) is 2. The monoisotopic (exact) mass is 599 g/mol. The summed E-state index contributed by atoms with van der Waals surface area (Å²) in [7, 11) is -0.641. The molecule has 0 amide bonds. The summed E-state index contributed by atoms with van der Waals surface area (Å²) in [6, 6.07) is 9.67. The maximum absolute atomic E-state index is 13.8. The smallest absolute Gasteiger partial charge is 0.268 e. The molecule has 0 radical (unpaired) electrons. The second-order valence-electron chi connectivity index (χ2n) is 11.0. The van der Waals surface area contributed by atoms with Crippen LogP contribution in [0.15, 0.2) is 53.7 Å². The standard InChI is InChI=1S/C31H33N7O4S/c1-37-14-15-42-28(19-37)22-8-10-25(11-9-22)35-31-34-17-24-16-23(7-6-21-4-2-3-5-21)30(39)38(29(24)36-31)18-26-27(20-43(40)41)33-13-12-32-26/h8-13,16-17,21,28,43H,2-5,14-15,18-20H2,1H3,(H,34,35,36). The molecule has 4 aromatic rings. The number of rotatable bonds is 7. The van der Waals surface area contributed by atoms with Gasteiger partial charge in [-0.3, -0.25) is 19.3 Å². The molecule has 6 rings (SSSR count). The molecule has 1 saturated carbocycles. The van der Waals surface area contributed by atoms with Gasteiger partial charge in [-0.2, -0.15) is 4.98 Å². The molecule has 1 aliphatic carbocycles. The third-order valence-corrected chi connectivity index (χ3v) is 8.41. The maximum Gasteiger partial charge on any atom is 0.268 e. The molecule has 1 aromatic carbocycles. The van der Waals surface area contributed by atoms with E-state index < -0.39 is 10.7 Å². The molecule has 11 nitrogen and oxygen atoms in total. The van der Waals surface area contributed by atoms with Gasteiger partial charge in [0.1, 0.15) is 16.4 Å². The van der Waals surface area contributed by atoms with E-state index in [2.05, 4.69) is 44.1 Å². The number of fused-ring (bicyclic) bond motifs is 1. The second kappa shape index (κ2) is 13.0. The van der Waals surface area contributed by atoms with Gasteiger partial charge in [0.05, 0.1) is 42.0 Å². The van der Waals surface area contributed by atoms with E-state index in [-0.39, 0.29) is 29.9 Å². The number of anilines is 2. The van der Waals surface area contributed by atoms with Crippen LogP contribution in [0.25, 0.3) is 11.0 Å². The number of morpholine rings is 1. The number of thiol groups is 1. The van der Waals surface area contributed by atoms with Crippen LogP contribution in [-0.2, 0) is 27.7 Å². The average Bonchev–Trinajstić information content (AvgIpc) is 3.53. The van der Waals surface area contributed by atoms with Gasteiger partial charge in [-0.1, -0.05) is 36.8 Å². The highest BCUT2D eigenvalue weighted by Crippen LogP contribution is 2.25.